The molecule has 3 rings (SSSR count). The van der Waals surface area contributed by atoms with Crippen molar-refractivity contribution >= 4 is 27.5 Å². The molecule has 2 aromatic carbocycles. The first-order valence-electron chi connectivity index (χ1n) is 7.88. The van der Waals surface area contributed by atoms with Crippen LogP contribution in [0.15, 0.2) is 46.9 Å². The maximum atomic E-state index is 12.5. The minimum Gasteiger partial charge on any atom is -0.304 e. The molecule has 0 saturated heterocycles. The standard InChI is InChI=1S/C17H16BrNO.C2H6/c1-2-3-12-4-8-15(9-5-12)19-11-13-6-7-14(18)10-16(13)17(19)20;1-2/h4-10H,2-3,11H2,1H3;1-2H3. The molecule has 0 unspecified atom stereocenters. The van der Waals surface area contributed by atoms with E-state index < -0.39 is 0 Å². The molecule has 0 bridgehead atoms. The summed E-state index contributed by atoms with van der Waals surface area (Å²) in [6.07, 6.45) is 2.23. The summed E-state index contributed by atoms with van der Waals surface area (Å²) in [6.45, 7) is 6.83. The van der Waals surface area contributed by atoms with Gasteiger partial charge in [-0.15, -0.1) is 0 Å². The fraction of sp³-hybridized carbons (Fsp3) is 0.316. The van der Waals surface area contributed by atoms with E-state index in [9.17, 15) is 4.79 Å². The fourth-order valence-corrected chi connectivity index (χ4v) is 2.97. The number of anilines is 1. The summed E-state index contributed by atoms with van der Waals surface area (Å²) < 4.78 is 0.949. The molecule has 2 aromatic rings. The zero-order valence-corrected chi connectivity index (χ0v) is 15.0. The van der Waals surface area contributed by atoms with Crippen molar-refractivity contribution in [2.75, 3.05) is 4.90 Å². The third-order valence-corrected chi connectivity index (χ3v) is 4.16. The number of benzene rings is 2. The summed E-state index contributed by atoms with van der Waals surface area (Å²) in [5.41, 5.74) is 4.19. The van der Waals surface area contributed by atoms with Crippen LogP contribution in [0.4, 0.5) is 5.69 Å². The highest BCUT2D eigenvalue weighted by atomic mass is 79.9. The van der Waals surface area contributed by atoms with Gasteiger partial charge in [-0.05, 0) is 41.8 Å². The lowest BCUT2D eigenvalue weighted by atomic mass is 10.1. The number of rotatable bonds is 3. The number of amides is 1. The van der Waals surface area contributed by atoms with Crippen LogP contribution in [0.5, 0.6) is 0 Å². The van der Waals surface area contributed by atoms with Crippen molar-refractivity contribution in [1.29, 1.82) is 0 Å². The minimum atomic E-state index is 0.0875. The molecule has 0 saturated carbocycles. The molecule has 0 fully saturated rings. The smallest absolute Gasteiger partial charge is 0.258 e. The fourth-order valence-electron chi connectivity index (χ4n) is 2.61. The molecule has 0 aromatic heterocycles. The second kappa shape index (κ2) is 7.59. The van der Waals surface area contributed by atoms with E-state index in [1.807, 2.05) is 49.1 Å². The lowest BCUT2D eigenvalue weighted by molar-refractivity contribution is 0.0996. The topological polar surface area (TPSA) is 20.3 Å². The van der Waals surface area contributed by atoms with Gasteiger partial charge in [0.2, 0.25) is 0 Å². The van der Waals surface area contributed by atoms with E-state index in [0.29, 0.717) is 6.54 Å². The zero-order valence-electron chi connectivity index (χ0n) is 13.4. The Morgan fingerprint density at radius 3 is 2.41 bits per heavy atom. The number of halogens is 1. The first-order chi connectivity index (χ1) is 10.7. The summed E-state index contributed by atoms with van der Waals surface area (Å²) in [5, 5.41) is 0. The highest BCUT2D eigenvalue weighted by Crippen LogP contribution is 2.30. The molecule has 3 heteroatoms. The second-order valence-electron chi connectivity index (χ2n) is 5.11. The van der Waals surface area contributed by atoms with Crippen molar-refractivity contribution < 1.29 is 4.79 Å². The monoisotopic (exact) mass is 359 g/mol. The van der Waals surface area contributed by atoms with E-state index in [2.05, 4.69) is 35.0 Å². The zero-order chi connectivity index (χ0) is 16.1. The SMILES string of the molecule is CC.CCCc1ccc(N2Cc3ccc(Br)cc3C2=O)cc1. The van der Waals surface area contributed by atoms with E-state index in [4.69, 9.17) is 0 Å². The molecule has 1 aliphatic rings. The minimum absolute atomic E-state index is 0.0875. The van der Waals surface area contributed by atoms with Gasteiger partial charge in [-0.1, -0.05) is 61.3 Å². The normalized spacial score (nSPS) is 12.7. The molecule has 2 nitrogen and oxygen atoms in total. The molecule has 1 heterocycles. The van der Waals surface area contributed by atoms with E-state index in [0.717, 1.165) is 34.1 Å². The van der Waals surface area contributed by atoms with Crippen molar-refractivity contribution in [2.24, 2.45) is 0 Å². The maximum Gasteiger partial charge on any atom is 0.258 e. The molecule has 22 heavy (non-hydrogen) atoms. The molecule has 0 aliphatic carbocycles. The van der Waals surface area contributed by atoms with Crippen molar-refractivity contribution in [1.82, 2.24) is 0 Å². The van der Waals surface area contributed by atoms with E-state index in [-0.39, 0.29) is 5.91 Å². The molecule has 0 spiro atoms. The van der Waals surface area contributed by atoms with Crippen LogP contribution in [-0.2, 0) is 13.0 Å². The molecule has 0 radical (unpaired) electrons. The van der Waals surface area contributed by atoms with Gasteiger partial charge < -0.3 is 4.90 Å². The van der Waals surface area contributed by atoms with Crippen LogP contribution < -0.4 is 4.90 Å². The van der Waals surface area contributed by atoms with E-state index >= 15 is 0 Å². The van der Waals surface area contributed by atoms with Crippen molar-refractivity contribution in [2.45, 2.75) is 40.2 Å². The van der Waals surface area contributed by atoms with Gasteiger partial charge in [0.25, 0.3) is 5.91 Å². The summed E-state index contributed by atoms with van der Waals surface area (Å²) in [7, 11) is 0. The number of carbonyl (C=O) groups is 1. The number of hydrogen-bond acceptors (Lipinski definition) is 1. The van der Waals surface area contributed by atoms with Crippen molar-refractivity contribution in [3.05, 3.63) is 63.6 Å². The largest absolute Gasteiger partial charge is 0.304 e. The number of carbonyl (C=O) groups excluding carboxylic acids is 1. The Hall–Kier alpha value is -1.61. The molecule has 0 atom stereocenters. The molecular formula is C19H22BrNO. The lowest BCUT2D eigenvalue weighted by Gasteiger charge is -2.16. The predicted molar refractivity (Wildman–Crippen MR) is 96.4 cm³/mol. The number of aryl methyl sites for hydroxylation is 1. The van der Waals surface area contributed by atoms with Crippen molar-refractivity contribution in [3.8, 4) is 0 Å². The average Bonchev–Trinajstić information content (AvgIpc) is 2.87. The van der Waals surface area contributed by atoms with E-state index in [1.165, 1.54) is 5.56 Å². The van der Waals surface area contributed by atoms with Crippen molar-refractivity contribution in [3.63, 3.8) is 0 Å². The Labute approximate surface area is 141 Å². The first kappa shape index (κ1) is 16.8. The molecular weight excluding hydrogens is 338 g/mol. The predicted octanol–water partition coefficient (Wildman–Crippen LogP) is 5.59. The van der Waals surface area contributed by atoms with Gasteiger partial charge in [0, 0.05) is 15.7 Å². The molecule has 116 valence electrons. The number of hydrogen-bond donors (Lipinski definition) is 0. The first-order valence-corrected chi connectivity index (χ1v) is 8.67. The van der Waals surface area contributed by atoms with Gasteiger partial charge in [0.1, 0.15) is 0 Å². The van der Waals surface area contributed by atoms with Gasteiger partial charge in [-0.2, -0.15) is 0 Å². The van der Waals surface area contributed by atoms with Crippen LogP contribution in [-0.4, -0.2) is 5.91 Å². The quantitative estimate of drug-likeness (QED) is 0.699. The Kier molecular flexibility index (Phi) is 5.78. The summed E-state index contributed by atoms with van der Waals surface area (Å²) >= 11 is 3.42. The van der Waals surface area contributed by atoms with Gasteiger partial charge in [-0.3, -0.25) is 4.79 Å². The van der Waals surface area contributed by atoms with Crippen LogP contribution in [0.25, 0.3) is 0 Å². The van der Waals surface area contributed by atoms with Gasteiger partial charge in [0.15, 0.2) is 0 Å². The number of nitrogens with zero attached hydrogens (tertiary/aromatic N) is 1. The Balaban J connectivity index is 0.000000847. The number of fused-ring (bicyclic) bond motifs is 1. The van der Waals surface area contributed by atoms with E-state index in [1.54, 1.807) is 0 Å². The van der Waals surface area contributed by atoms with Gasteiger partial charge in [0.05, 0.1) is 6.54 Å². The average molecular weight is 360 g/mol. The highest BCUT2D eigenvalue weighted by Gasteiger charge is 2.28. The second-order valence-corrected chi connectivity index (χ2v) is 6.02. The highest BCUT2D eigenvalue weighted by molar-refractivity contribution is 9.10. The van der Waals surface area contributed by atoms with Crippen LogP contribution in [0.2, 0.25) is 0 Å². The van der Waals surface area contributed by atoms with Gasteiger partial charge in [-0.25, -0.2) is 0 Å². The third-order valence-electron chi connectivity index (χ3n) is 3.66. The van der Waals surface area contributed by atoms with Gasteiger partial charge >= 0.3 is 0 Å². The summed E-state index contributed by atoms with van der Waals surface area (Å²) in [6, 6.07) is 14.2. The lowest BCUT2D eigenvalue weighted by Crippen LogP contribution is -2.22. The van der Waals surface area contributed by atoms with Crippen LogP contribution in [0.3, 0.4) is 0 Å². The summed E-state index contributed by atoms with van der Waals surface area (Å²) in [4.78, 5) is 14.3. The maximum absolute atomic E-state index is 12.5. The Bertz CT molecular complexity index is 649. The van der Waals surface area contributed by atoms with Crippen LogP contribution in [0.1, 0.15) is 48.7 Å². The summed E-state index contributed by atoms with van der Waals surface area (Å²) in [5.74, 6) is 0.0875. The molecule has 0 N–H and O–H groups in total. The Morgan fingerprint density at radius 1 is 1.09 bits per heavy atom. The molecule has 1 amide bonds. The van der Waals surface area contributed by atoms with Crippen LogP contribution in [0, 0.1) is 0 Å². The molecule has 1 aliphatic heterocycles. The van der Waals surface area contributed by atoms with Crippen LogP contribution >= 0.6 is 15.9 Å². The Morgan fingerprint density at radius 2 is 1.77 bits per heavy atom. The third kappa shape index (κ3) is 3.41.